The minimum absolute atomic E-state index is 0. The van der Waals surface area contributed by atoms with E-state index in [1.54, 1.807) is 30.3 Å². The molecule has 0 atom stereocenters. The summed E-state index contributed by atoms with van der Waals surface area (Å²) in [4.78, 5) is 7.43. The van der Waals surface area contributed by atoms with E-state index in [0.717, 1.165) is 6.20 Å². The number of benzene rings is 2. The van der Waals surface area contributed by atoms with Crippen LogP contribution in [-0.2, 0) is 0 Å². The lowest BCUT2D eigenvalue weighted by atomic mass is 10.3. The maximum atomic E-state index is 12.6. The normalized spacial score (nSPS) is 8.81. The molecule has 0 saturated carbocycles. The second-order valence-electron chi connectivity index (χ2n) is 6.40. The van der Waals surface area contributed by atoms with Crippen LogP contribution in [0.2, 0.25) is 0 Å². The van der Waals surface area contributed by atoms with Crippen LogP contribution in [0.15, 0.2) is 85.2 Å². The number of hydrogen-bond donors (Lipinski definition) is 1. The Kier molecular flexibility index (Phi) is 12.6. The third kappa shape index (κ3) is 9.38. The average molecular weight is 489 g/mol. The number of hydrogen-bond acceptors (Lipinski definition) is 8. The zero-order chi connectivity index (χ0) is 25.5. The van der Waals surface area contributed by atoms with Gasteiger partial charge in [0.05, 0.1) is 26.6 Å². The Bertz CT molecular complexity index is 1290. The van der Waals surface area contributed by atoms with Gasteiger partial charge in [0.15, 0.2) is 23.1 Å². The van der Waals surface area contributed by atoms with E-state index >= 15 is 0 Å². The summed E-state index contributed by atoms with van der Waals surface area (Å²) in [5.41, 5.74) is 0.436. The Hall–Kier alpha value is -5.15. The predicted octanol–water partition coefficient (Wildman–Crippen LogP) is 5.88. The molecule has 0 aliphatic rings. The molecular weight excluding hydrogens is 463 g/mol. The number of aromatic nitrogens is 2. The van der Waals surface area contributed by atoms with Crippen molar-refractivity contribution in [2.75, 3.05) is 14.2 Å². The molecule has 0 spiro atoms. The maximum Gasteiger partial charge on any atom is 0.187 e. The third-order valence-corrected chi connectivity index (χ3v) is 4.05. The number of methoxy groups -OCH3 is 2. The molecule has 36 heavy (non-hydrogen) atoms. The summed E-state index contributed by atoms with van der Waals surface area (Å²) in [6.07, 6.45) is 2.43. The third-order valence-electron chi connectivity index (χ3n) is 4.05. The second-order valence-corrected chi connectivity index (χ2v) is 6.40. The molecule has 0 fully saturated rings. The molecule has 2 aromatic heterocycles. The van der Waals surface area contributed by atoms with Crippen molar-refractivity contribution in [1.82, 2.24) is 9.97 Å². The van der Waals surface area contributed by atoms with E-state index in [0.29, 0.717) is 28.7 Å². The Morgan fingerprint density at radius 1 is 0.750 bits per heavy atom. The summed E-state index contributed by atoms with van der Waals surface area (Å²) >= 11 is 0. The van der Waals surface area contributed by atoms with Crippen LogP contribution in [0, 0.1) is 28.5 Å². The highest BCUT2D eigenvalue weighted by Gasteiger charge is 2.07. The molecule has 2 aromatic carbocycles. The van der Waals surface area contributed by atoms with Gasteiger partial charge >= 0.3 is 0 Å². The van der Waals surface area contributed by atoms with Crippen molar-refractivity contribution >= 4 is 0 Å². The topological polar surface area (TPSA) is 121 Å². The van der Waals surface area contributed by atoms with Crippen LogP contribution >= 0.6 is 0 Å². The Morgan fingerprint density at radius 2 is 1.25 bits per heavy atom. The number of halogens is 1. The molecule has 8 nitrogen and oxygen atoms in total. The molecule has 2 heterocycles. The van der Waals surface area contributed by atoms with Crippen molar-refractivity contribution < 1.29 is 23.7 Å². The van der Waals surface area contributed by atoms with Crippen LogP contribution in [0.3, 0.4) is 0 Å². The summed E-state index contributed by atoms with van der Waals surface area (Å²) in [6.45, 7) is 0. The van der Waals surface area contributed by atoms with Gasteiger partial charge in [-0.05, 0) is 24.3 Å². The van der Waals surface area contributed by atoms with Gasteiger partial charge in [-0.1, -0.05) is 43.8 Å². The van der Waals surface area contributed by atoms with E-state index in [4.69, 9.17) is 25.1 Å². The lowest BCUT2D eigenvalue weighted by Crippen LogP contribution is -1.93. The van der Waals surface area contributed by atoms with Gasteiger partial charge in [0.2, 0.25) is 0 Å². The van der Waals surface area contributed by atoms with E-state index in [1.165, 1.54) is 32.5 Å². The van der Waals surface area contributed by atoms with Crippen molar-refractivity contribution in [3.05, 3.63) is 102 Å². The van der Waals surface area contributed by atoms with Gasteiger partial charge in [0.1, 0.15) is 35.0 Å². The van der Waals surface area contributed by atoms with Crippen molar-refractivity contribution in [1.29, 1.82) is 10.5 Å². The zero-order valence-corrected chi connectivity index (χ0v) is 18.9. The van der Waals surface area contributed by atoms with Crippen molar-refractivity contribution in [3.8, 4) is 40.9 Å². The second kappa shape index (κ2) is 15.6. The SMILES string of the molecule is C.COc1cc(C#N)ncc1F.COc1cc(C#N)ncc1Oc1ccccc1.Oc1ccccc1. The van der Waals surface area contributed by atoms with Crippen LogP contribution in [0.4, 0.5) is 4.39 Å². The van der Waals surface area contributed by atoms with E-state index in [9.17, 15) is 4.39 Å². The van der Waals surface area contributed by atoms with Crippen molar-refractivity contribution in [2.24, 2.45) is 0 Å². The number of para-hydroxylation sites is 2. The summed E-state index contributed by atoms with van der Waals surface area (Å²) in [5.74, 6) is 1.46. The van der Waals surface area contributed by atoms with Crippen molar-refractivity contribution in [3.63, 3.8) is 0 Å². The minimum atomic E-state index is -0.563. The maximum absolute atomic E-state index is 12.6. The first-order chi connectivity index (χ1) is 17.0. The minimum Gasteiger partial charge on any atom is -0.508 e. The first-order valence-corrected chi connectivity index (χ1v) is 10.0. The van der Waals surface area contributed by atoms with Gasteiger partial charge in [0.25, 0.3) is 0 Å². The van der Waals surface area contributed by atoms with Crippen LogP contribution in [-0.4, -0.2) is 29.3 Å². The van der Waals surface area contributed by atoms with Gasteiger partial charge in [-0.2, -0.15) is 10.5 Å². The quantitative estimate of drug-likeness (QED) is 0.378. The summed E-state index contributed by atoms with van der Waals surface area (Å²) in [5, 5.41) is 25.7. The standard InChI is InChI=1S/C13H10N2O2.C7H5FN2O.C6H6O.CH4/c1-16-12-7-10(8-14)15-9-13(12)17-11-5-3-2-4-6-11;1-11-7-2-5(3-9)10-4-6(7)8;7-6-4-2-1-3-5-6;/h2-7,9H,1H3;2,4H,1H3;1-5,7H;1H4. The highest BCUT2D eigenvalue weighted by molar-refractivity contribution is 5.44. The summed E-state index contributed by atoms with van der Waals surface area (Å²) < 4.78 is 28.0. The molecule has 9 heteroatoms. The fourth-order valence-corrected chi connectivity index (χ4v) is 2.40. The lowest BCUT2D eigenvalue weighted by Gasteiger charge is -2.09. The molecule has 0 aliphatic carbocycles. The first kappa shape index (κ1) is 28.9. The molecule has 0 bridgehead atoms. The number of phenols is 1. The van der Waals surface area contributed by atoms with E-state index in [-0.39, 0.29) is 18.9 Å². The predicted molar refractivity (Wildman–Crippen MR) is 132 cm³/mol. The fraction of sp³-hybridized carbons (Fsp3) is 0.111. The highest BCUT2D eigenvalue weighted by Crippen LogP contribution is 2.30. The monoisotopic (exact) mass is 488 g/mol. The number of aromatic hydroxyl groups is 1. The molecule has 0 amide bonds. The van der Waals surface area contributed by atoms with Gasteiger partial charge in [-0.15, -0.1) is 0 Å². The lowest BCUT2D eigenvalue weighted by molar-refractivity contribution is 0.377. The molecule has 4 aromatic rings. The van der Waals surface area contributed by atoms with Crippen LogP contribution < -0.4 is 14.2 Å². The zero-order valence-electron chi connectivity index (χ0n) is 18.9. The van der Waals surface area contributed by atoms with Crippen molar-refractivity contribution in [2.45, 2.75) is 7.43 Å². The molecular formula is C27H25FN4O4. The number of rotatable bonds is 4. The highest BCUT2D eigenvalue weighted by atomic mass is 19.1. The van der Waals surface area contributed by atoms with Crippen LogP contribution in [0.5, 0.6) is 28.7 Å². The number of nitriles is 2. The van der Waals surface area contributed by atoms with Gasteiger partial charge in [0, 0.05) is 12.1 Å². The molecule has 4 rings (SSSR count). The summed E-state index contributed by atoms with van der Waals surface area (Å²) in [7, 11) is 2.86. The molecule has 0 unspecified atom stereocenters. The Balaban J connectivity index is 0.000000293. The van der Waals surface area contributed by atoms with E-state index in [2.05, 4.69) is 14.7 Å². The number of phenolic OH excluding ortho intramolecular Hbond substituents is 1. The largest absolute Gasteiger partial charge is 0.508 e. The number of pyridine rings is 2. The molecule has 0 radical (unpaired) electrons. The molecule has 184 valence electrons. The molecule has 0 saturated heterocycles. The first-order valence-electron chi connectivity index (χ1n) is 10.0. The summed E-state index contributed by atoms with van der Waals surface area (Å²) in [6, 6.07) is 24.5. The van der Waals surface area contributed by atoms with Gasteiger partial charge < -0.3 is 19.3 Å². The van der Waals surface area contributed by atoms with E-state index in [1.807, 2.05) is 42.5 Å². The van der Waals surface area contributed by atoms with E-state index < -0.39 is 5.82 Å². The number of ether oxygens (including phenoxy) is 3. The smallest absolute Gasteiger partial charge is 0.187 e. The van der Waals surface area contributed by atoms with Gasteiger partial charge in [-0.25, -0.2) is 14.4 Å². The molecule has 0 aliphatic heterocycles. The molecule has 1 N–H and O–H groups in total. The Morgan fingerprint density at radius 3 is 1.72 bits per heavy atom. The van der Waals surface area contributed by atoms with Gasteiger partial charge in [-0.3, -0.25) is 0 Å². The Labute approximate surface area is 209 Å². The average Bonchev–Trinajstić information content (AvgIpc) is 2.91. The number of nitrogens with zero attached hydrogens (tertiary/aromatic N) is 4. The van der Waals surface area contributed by atoms with Crippen LogP contribution in [0.25, 0.3) is 0 Å². The fourth-order valence-electron chi connectivity index (χ4n) is 2.40. The van der Waals surface area contributed by atoms with Crippen LogP contribution in [0.1, 0.15) is 18.8 Å².